The van der Waals surface area contributed by atoms with Crippen LogP contribution in [0.1, 0.15) is 28.6 Å². The van der Waals surface area contributed by atoms with Crippen molar-refractivity contribution in [1.29, 1.82) is 0 Å². The molecule has 1 aromatic heterocycles. The molecule has 0 spiro atoms. The molecule has 0 radical (unpaired) electrons. The number of aromatic nitrogens is 2. The molecule has 0 fully saturated rings. The second-order valence-electron chi connectivity index (χ2n) is 4.59. The number of hydrogen-bond donors (Lipinski definition) is 1. The summed E-state index contributed by atoms with van der Waals surface area (Å²) in [7, 11) is 0. The van der Waals surface area contributed by atoms with E-state index in [1.165, 1.54) is 0 Å². The highest BCUT2D eigenvalue weighted by atomic mass is 19.3. The van der Waals surface area contributed by atoms with Gasteiger partial charge in [-0.05, 0) is 19.4 Å². The number of benzene rings is 1. The maximum absolute atomic E-state index is 12.7. The summed E-state index contributed by atoms with van der Waals surface area (Å²) in [4.78, 5) is 0. The van der Waals surface area contributed by atoms with Gasteiger partial charge >= 0.3 is 0 Å². The highest BCUT2D eigenvalue weighted by Gasteiger charge is 2.24. The molecule has 0 bridgehead atoms. The average molecular weight is 265 g/mol. The van der Waals surface area contributed by atoms with Gasteiger partial charge in [-0.1, -0.05) is 30.3 Å². The Kier molecular flexibility index (Phi) is 3.95. The van der Waals surface area contributed by atoms with E-state index in [2.05, 4.69) is 5.10 Å². The summed E-state index contributed by atoms with van der Waals surface area (Å²) in [5, 5.41) is 4.31. The lowest BCUT2D eigenvalue weighted by atomic mass is 10.1. The van der Waals surface area contributed by atoms with Crippen molar-refractivity contribution in [3.63, 3.8) is 0 Å². The molecule has 2 rings (SSSR count). The Labute approximate surface area is 111 Å². The molecule has 2 N–H and O–H groups in total. The van der Waals surface area contributed by atoms with Crippen LogP contribution in [0, 0.1) is 13.8 Å². The van der Waals surface area contributed by atoms with Crippen molar-refractivity contribution in [3.8, 4) is 0 Å². The number of hydrogen-bond acceptors (Lipinski definition) is 2. The average Bonchev–Trinajstić information content (AvgIpc) is 2.65. The fraction of sp³-hybridized carbons (Fsp3) is 0.357. The van der Waals surface area contributed by atoms with Crippen LogP contribution in [-0.4, -0.2) is 16.2 Å². The van der Waals surface area contributed by atoms with Gasteiger partial charge in [0.25, 0.3) is 6.43 Å². The summed E-state index contributed by atoms with van der Waals surface area (Å²) in [6.45, 7) is 4.05. The molecular formula is C14H17F2N3. The molecule has 1 atom stereocenters. The van der Waals surface area contributed by atoms with E-state index in [1.54, 1.807) is 18.5 Å². The molecule has 0 aliphatic rings. The van der Waals surface area contributed by atoms with E-state index >= 15 is 0 Å². The van der Waals surface area contributed by atoms with Crippen molar-refractivity contribution >= 4 is 0 Å². The lowest BCUT2D eigenvalue weighted by Gasteiger charge is -2.11. The van der Waals surface area contributed by atoms with Crippen LogP contribution in [0.4, 0.5) is 8.78 Å². The van der Waals surface area contributed by atoms with Gasteiger partial charge in [-0.25, -0.2) is 8.78 Å². The molecule has 5 heteroatoms. The number of nitrogens with zero attached hydrogens (tertiary/aromatic N) is 2. The predicted molar refractivity (Wildman–Crippen MR) is 70.2 cm³/mol. The lowest BCUT2D eigenvalue weighted by Crippen LogP contribution is -2.20. The summed E-state index contributed by atoms with van der Waals surface area (Å²) >= 11 is 0. The summed E-state index contributed by atoms with van der Waals surface area (Å²) in [6, 6.07) is 8.49. The first-order valence-corrected chi connectivity index (χ1v) is 6.12. The molecular weight excluding hydrogens is 248 g/mol. The minimum absolute atomic E-state index is 0.450. The van der Waals surface area contributed by atoms with Crippen LogP contribution < -0.4 is 5.73 Å². The third kappa shape index (κ3) is 2.81. The minimum atomic E-state index is -2.58. The van der Waals surface area contributed by atoms with Crippen LogP contribution >= 0.6 is 0 Å². The third-order valence-corrected chi connectivity index (χ3v) is 3.22. The van der Waals surface area contributed by atoms with E-state index in [9.17, 15) is 8.78 Å². The van der Waals surface area contributed by atoms with Crippen LogP contribution in [0.5, 0.6) is 0 Å². The van der Waals surface area contributed by atoms with E-state index in [1.807, 2.05) is 30.3 Å². The molecule has 0 saturated heterocycles. The number of aryl methyl sites for hydroxylation is 1. The van der Waals surface area contributed by atoms with Crippen molar-refractivity contribution in [2.45, 2.75) is 32.9 Å². The van der Waals surface area contributed by atoms with Crippen molar-refractivity contribution in [1.82, 2.24) is 9.78 Å². The van der Waals surface area contributed by atoms with Crippen LogP contribution in [0.2, 0.25) is 0 Å². The van der Waals surface area contributed by atoms with Gasteiger partial charge in [0.1, 0.15) is 0 Å². The fourth-order valence-electron chi connectivity index (χ4n) is 2.23. The summed E-state index contributed by atoms with van der Waals surface area (Å²) in [6.07, 6.45) is -2.58. The van der Waals surface area contributed by atoms with E-state index < -0.39 is 12.5 Å². The quantitative estimate of drug-likeness (QED) is 0.923. The first kappa shape index (κ1) is 13.7. The number of alkyl halides is 2. The highest BCUT2D eigenvalue weighted by Crippen LogP contribution is 2.25. The van der Waals surface area contributed by atoms with Crippen LogP contribution in [-0.2, 0) is 6.54 Å². The first-order valence-electron chi connectivity index (χ1n) is 6.12. The molecule has 1 heterocycles. The standard InChI is InChI=1S/C14H17F2N3/c1-9-12(13(17)14(15)16)10(2)19(18-9)8-11-6-4-3-5-7-11/h3-7,13-14H,8,17H2,1-2H3. The predicted octanol–water partition coefficient (Wildman–Crippen LogP) is 2.81. The Morgan fingerprint density at radius 3 is 2.42 bits per heavy atom. The highest BCUT2D eigenvalue weighted by molar-refractivity contribution is 5.29. The normalized spacial score (nSPS) is 12.9. The Bertz CT molecular complexity index is 549. The van der Waals surface area contributed by atoms with Gasteiger partial charge < -0.3 is 5.73 Å². The second-order valence-corrected chi connectivity index (χ2v) is 4.59. The maximum Gasteiger partial charge on any atom is 0.257 e. The molecule has 3 nitrogen and oxygen atoms in total. The summed E-state index contributed by atoms with van der Waals surface area (Å²) < 4.78 is 27.2. The Hall–Kier alpha value is -1.75. The molecule has 0 aliphatic carbocycles. The zero-order valence-corrected chi connectivity index (χ0v) is 11.0. The molecule has 1 aromatic carbocycles. The smallest absolute Gasteiger partial charge is 0.257 e. The maximum atomic E-state index is 12.7. The van der Waals surface area contributed by atoms with Crippen LogP contribution in [0.15, 0.2) is 30.3 Å². The summed E-state index contributed by atoms with van der Waals surface area (Å²) in [5.41, 5.74) is 8.34. The van der Waals surface area contributed by atoms with Crippen molar-refractivity contribution in [2.75, 3.05) is 0 Å². The van der Waals surface area contributed by atoms with Gasteiger partial charge in [-0.2, -0.15) is 5.10 Å². The zero-order valence-electron chi connectivity index (χ0n) is 11.0. The Morgan fingerprint density at radius 2 is 1.84 bits per heavy atom. The number of halogens is 2. The van der Waals surface area contributed by atoms with E-state index in [0.717, 1.165) is 5.56 Å². The molecule has 0 saturated carbocycles. The SMILES string of the molecule is Cc1nn(Cc2ccccc2)c(C)c1C(N)C(F)F. The van der Waals surface area contributed by atoms with Gasteiger partial charge in [0.05, 0.1) is 18.3 Å². The van der Waals surface area contributed by atoms with Gasteiger partial charge in [-0.3, -0.25) is 4.68 Å². The third-order valence-electron chi connectivity index (χ3n) is 3.22. The van der Waals surface area contributed by atoms with E-state index in [0.29, 0.717) is 23.5 Å². The topological polar surface area (TPSA) is 43.8 Å². The Balaban J connectivity index is 2.31. The van der Waals surface area contributed by atoms with Gasteiger partial charge in [0.15, 0.2) is 0 Å². The van der Waals surface area contributed by atoms with Gasteiger partial charge in [0, 0.05) is 11.3 Å². The lowest BCUT2D eigenvalue weighted by molar-refractivity contribution is 0.116. The zero-order chi connectivity index (χ0) is 14.0. The van der Waals surface area contributed by atoms with Gasteiger partial charge in [-0.15, -0.1) is 0 Å². The molecule has 102 valence electrons. The van der Waals surface area contributed by atoms with Crippen molar-refractivity contribution in [2.24, 2.45) is 5.73 Å². The number of rotatable bonds is 4. The summed E-state index contributed by atoms with van der Waals surface area (Å²) in [5.74, 6) is 0. The monoisotopic (exact) mass is 265 g/mol. The fourth-order valence-corrected chi connectivity index (χ4v) is 2.23. The van der Waals surface area contributed by atoms with E-state index in [-0.39, 0.29) is 0 Å². The molecule has 0 aliphatic heterocycles. The first-order chi connectivity index (χ1) is 9.00. The molecule has 0 amide bonds. The van der Waals surface area contributed by atoms with Crippen molar-refractivity contribution in [3.05, 3.63) is 52.8 Å². The largest absolute Gasteiger partial charge is 0.319 e. The minimum Gasteiger partial charge on any atom is -0.319 e. The molecule has 2 aromatic rings. The van der Waals surface area contributed by atoms with Crippen LogP contribution in [0.25, 0.3) is 0 Å². The molecule has 19 heavy (non-hydrogen) atoms. The number of nitrogens with two attached hydrogens (primary N) is 1. The van der Waals surface area contributed by atoms with Crippen molar-refractivity contribution < 1.29 is 8.78 Å². The van der Waals surface area contributed by atoms with Gasteiger partial charge in [0.2, 0.25) is 0 Å². The molecule has 1 unspecified atom stereocenters. The van der Waals surface area contributed by atoms with E-state index in [4.69, 9.17) is 5.73 Å². The van der Waals surface area contributed by atoms with Crippen LogP contribution in [0.3, 0.4) is 0 Å². The second kappa shape index (κ2) is 5.48. The Morgan fingerprint density at radius 1 is 1.21 bits per heavy atom.